The van der Waals surface area contributed by atoms with E-state index in [1.807, 2.05) is 12.1 Å². The zero-order valence-electron chi connectivity index (χ0n) is 9.79. The fourth-order valence-corrected chi connectivity index (χ4v) is 2.79. The van der Waals surface area contributed by atoms with E-state index in [1.54, 1.807) is 11.0 Å². The van der Waals surface area contributed by atoms with Gasteiger partial charge >= 0.3 is 0 Å². The molecule has 0 aromatic heterocycles. The highest BCUT2D eigenvalue weighted by Crippen LogP contribution is 2.31. The van der Waals surface area contributed by atoms with E-state index in [2.05, 4.69) is 31.9 Å². The quantitative estimate of drug-likeness (QED) is 0.449. The number of benzene rings is 1. The fraction of sp³-hybridized carbons (Fsp3) is 0.385. The monoisotopic (exact) mass is 373 g/mol. The summed E-state index contributed by atoms with van der Waals surface area (Å²) in [7, 11) is 0. The van der Waals surface area contributed by atoms with Gasteiger partial charge in [0.05, 0.1) is 11.3 Å². The van der Waals surface area contributed by atoms with Crippen LogP contribution < -0.4 is 4.90 Å². The minimum absolute atomic E-state index is 0.396. The molecule has 18 heavy (non-hydrogen) atoms. The molecular weight excluding hydrogens is 362 g/mol. The van der Waals surface area contributed by atoms with Crippen LogP contribution in [-0.2, 0) is 4.79 Å². The number of alkyl halides is 1. The number of anilines is 1. The molecule has 0 spiro atoms. The molecule has 3 nitrogen and oxygen atoms in total. The smallest absolute Gasteiger partial charge is 0.299 e. The Kier molecular flexibility index (Phi) is 4.56. The van der Waals surface area contributed by atoms with Crippen molar-refractivity contribution in [3.8, 4) is 0 Å². The van der Waals surface area contributed by atoms with Crippen molar-refractivity contribution in [1.29, 1.82) is 0 Å². The lowest BCUT2D eigenvalue weighted by molar-refractivity contribution is -0.114. The van der Waals surface area contributed by atoms with Crippen LogP contribution in [0.5, 0.6) is 0 Å². The first-order valence-corrected chi connectivity index (χ1v) is 7.78. The van der Waals surface area contributed by atoms with Crippen molar-refractivity contribution >= 4 is 49.2 Å². The largest absolute Gasteiger partial charge is 0.305 e. The Labute approximate surface area is 123 Å². The fourth-order valence-electron chi connectivity index (χ4n) is 2.04. The van der Waals surface area contributed by atoms with Crippen LogP contribution in [0.2, 0.25) is 0 Å². The lowest BCUT2D eigenvalue weighted by Gasteiger charge is -2.16. The van der Waals surface area contributed by atoms with Crippen molar-refractivity contribution in [1.82, 2.24) is 0 Å². The first-order chi connectivity index (χ1) is 8.65. The zero-order valence-corrected chi connectivity index (χ0v) is 13.0. The van der Waals surface area contributed by atoms with Crippen molar-refractivity contribution in [3.63, 3.8) is 0 Å². The Morgan fingerprint density at radius 3 is 2.61 bits per heavy atom. The van der Waals surface area contributed by atoms with Crippen molar-refractivity contribution < 1.29 is 9.59 Å². The predicted octanol–water partition coefficient (Wildman–Crippen LogP) is 3.54. The SMILES string of the molecule is O=C1C(=O)N(CCCCCBr)c2ccc(Br)cc21. The molecule has 0 N–H and O–H groups in total. The third-order valence-corrected chi connectivity index (χ3v) is 4.00. The summed E-state index contributed by atoms with van der Waals surface area (Å²) < 4.78 is 0.823. The summed E-state index contributed by atoms with van der Waals surface area (Å²) in [5, 5.41) is 0.976. The standard InChI is InChI=1S/C13H13Br2NO2/c14-6-2-1-3-7-16-11-5-4-9(15)8-10(11)12(17)13(16)18/h4-5,8H,1-3,6-7H2. The maximum atomic E-state index is 11.9. The number of unbranched alkanes of at least 4 members (excludes halogenated alkanes) is 2. The molecule has 0 saturated heterocycles. The van der Waals surface area contributed by atoms with Gasteiger partial charge in [0, 0.05) is 16.3 Å². The van der Waals surface area contributed by atoms with E-state index in [0.29, 0.717) is 12.1 Å². The summed E-state index contributed by atoms with van der Waals surface area (Å²) in [6.07, 6.45) is 3.05. The molecule has 0 saturated carbocycles. The van der Waals surface area contributed by atoms with E-state index in [9.17, 15) is 9.59 Å². The summed E-state index contributed by atoms with van der Waals surface area (Å²) in [4.78, 5) is 25.3. The van der Waals surface area contributed by atoms with Crippen molar-refractivity contribution in [2.45, 2.75) is 19.3 Å². The average molecular weight is 375 g/mol. The van der Waals surface area contributed by atoms with E-state index in [-0.39, 0.29) is 0 Å². The lowest BCUT2D eigenvalue weighted by Crippen LogP contribution is -2.30. The number of carbonyl (C=O) groups is 2. The van der Waals surface area contributed by atoms with Gasteiger partial charge in [-0.15, -0.1) is 0 Å². The molecular formula is C13H13Br2NO2. The maximum Gasteiger partial charge on any atom is 0.299 e. The van der Waals surface area contributed by atoms with Crippen molar-refractivity contribution in [2.24, 2.45) is 0 Å². The number of ketones is 1. The number of hydrogen-bond donors (Lipinski definition) is 0. The second kappa shape index (κ2) is 5.97. The highest BCUT2D eigenvalue weighted by Gasteiger charge is 2.35. The van der Waals surface area contributed by atoms with E-state index in [1.165, 1.54) is 0 Å². The maximum absolute atomic E-state index is 11.9. The number of amides is 1. The van der Waals surface area contributed by atoms with Crippen LogP contribution in [0.15, 0.2) is 22.7 Å². The summed E-state index contributed by atoms with van der Waals surface area (Å²) in [5.74, 6) is -0.797. The Morgan fingerprint density at radius 1 is 1.11 bits per heavy atom. The van der Waals surface area contributed by atoms with Crippen molar-refractivity contribution in [3.05, 3.63) is 28.2 Å². The van der Waals surface area contributed by atoms with Crippen molar-refractivity contribution in [2.75, 3.05) is 16.8 Å². The van der Waals surface area contributed by atoms with E-state index >= 15 is 0 Å². The molecule has 0 unspecified atom stereocenters. The Balaban J connectivity index is 2.13. The van der Waals surface area contributed by atoms with Crippen LogP contribution >= 0.6 is 31.9 Å². The number of hydrogen-bond acceptors (Lipinski definition) is 2. The minimum atomic E-state index is -0.401. The first-order valence-electron chi connectivity index (χ1n) is 5.87. The molecule has 5 heteroatoms. The third-order valence-electron chi connectivity index (χ3n) is 2.95. The number of carbonyl (C=O) groups excluding carboxylic acids is 2. The van der Waals surface area contributed by atoms with Gasteiger partial charge in [0.15, 0.2) is 0 Å². The highest BCUT2D eigenvalue weighted by atomic mass is 79.9. The Morgan fingerprint density at radius 2 is 1.89 bits per heavy atom. The van der Waals surface area contributed by atoms with Crippen LogP contribution in [0.3, 0.4) is 0 Å². The van der Waals surface area contributed by atoms with Gasteiger partial charge in [-0.3, -0.25) is 9.59 Å². The molecule has 0 atom stereocenters. The molecule has 1 aromatic carbocycles. The molecule has 0 radical (unpaired) electrons. The van der Waals surface area contributed by atoms with E-state index < -0.39 is 11.7 Å². The number of halogens is 2. The number of Topliss-reactive ketones (excluding diaryl/α,β-unsaturated/α-hetero) is 1. The predicted molar refractivity (Wildman–Crippen MR) is 78.5 cm³/mol. The minimum Gasteiger partial charge on any atom is -0.305 e. The molecule has 96 valence electrons. The van der Waals surface area contributed by atoms with Crippen LogP contribution in [0.1, 0.15) is 29.6 Å². The van der Waals surface area contributed by atoms with Gasteiger partial charge in [-0.05, 0) is 31.0 Å². The number of fused-ring (bicyclic) bond motifs is 1. The molecule has 1 amide bonds. The summed E-state index contributed by atoms with van der Waals surface area (Å²) in [6.45, 7) is 0.617. The summed E-state index contributed by atoms with van der Waals surface area (Å²) in [6, 6.07) is 5.40. The van der Waals surface area contributed by atoms with Crippen LogP contribution in [-0.4, -0.2) is 23.6 Å². The topological polar surface area (TPSA) is 37.4 Å². The van der Waals surface area contributed by atoms with Gasteiger partial charge in [-0.25, -0.2) is 0 Å². The molecule has 1 aliphatic rings. The molecule has 0 aliphatic carbocycles. The Bertz CT molecular complexity index is 488. The van der Waals surface area contributed by atoms with Crippen LogP contribution in [0.4, 0.5) is 5.69 Å². The molecule has 0 bridgehead atoms. The van der Waals surface area contributed by atoms with Gasteiger partial charge in [0.1, 0.15) is 0 Å². The molecule has 2 rings (SSSR count). The number of nitrogens with zero attached hydrogens (tertiary/aromatic N) is 1. The summed E-state index contributed by atoms with van der Waals surface area (Å²) >= 11 is 6.70. The third kappa shape index (κ3) is 2.67. The number of rotatable bonds is 5. The van der Waals surface area contributed by atoms with E-state index in [0.717, 1.165) is 34.8 Å². The molecule has 1 heterocycles. The van der Waals surface area contributed by atoms with Gasteiger partial charge < -0.3 is 4.90 Å². The van der Waals surface area contributed by atoms with Gasteiger partial charge in [0.25, 0.3) is 11.7 Å². The zero-order chi connectivity index (χ0) is 13.1. The van der Waals surface area contributed by atoms with Gasteiger partial charge in [0.2, 0.25) is 0 Å². The normalized spacial score (nSPS) is 14.2. The first kappa shape index (κ1) is 13.7. The lowest BCUT2D eigenvalue weighted by atomic mass is 10.1. The van der Waals surface area contributed by atoms with Crippen LogP contribution in [0, 0.1) is 0 Å². The molecule has 1 aromatic rings. The second-order valence-corrected chi connectivity index (χ2v) is 5.91. The molecule has 0 fully saturated rings. The average Bonchev–Trinajstić information content (AvgIpc) is 2.59. The second-order valence-electron chi connectivity index (χ2n) is 4.20. The van der Waals surface area contributed by atoms with Gasteiger partial charge in [-0.1, -0.05) is 38.3 Å². The summed E-state index contributed by atoms with van der Waals surface area (Å²) in [5.41, 5.74) is 1.25. The Hall–Kier alpha value is -0.680. The van der Waals surface area contributed by atoms with Gasteiger partial charge in [-0.2, -0.15) is 0 Å². The highest BCUT2D eigenvalue weighted by molar-refractivity contribution is 9.10. The molecule has 1 aliphatic heterocycles. The van der Waals surface area contributed by atoms with E-state index in [4.69, 9.17) is 0 Å². The van der Waals surface area contributed by atoms with Crippen LogP contribution in [0.25, 0.3) is 0 Å².